The van der Waals surface area contributed by atoms with Crippen LogP contribution >= 0.6 is 11.6 Å². The summed E-state index contributed by atoms with van der Waals surface area (Å²) in [5.41, 5.74) is 2.25. The van der Waals surface area contributed by atoms with Gasteiger partial charge < -0.3 is 9.84 Å². The van der Waals surface area contributed by atoms with Gasteiger partial charge >= 0.3 is 0 Å². The molecule has 0 aliphatic heterocycles. The Hall–Kier alpha value is -2.00. The smallest absolute Gasteiger partial charge is 0.145 e. The number of methoxy groups -OCH3 is 1. The SMILES string of the molecule is COc1cc(Cl)c(C)cc1N=Cc1ccccc1O. The van der Waals surface area contributed by atoms with E-state index in [2.05, 4.69) is 4.99 Å². The zero-order valence-electron chi connectivity index (χ0n) is 10.7. The quantitative estimate of drug-likeness (QED) is 0.857. The highest BCUT2D eigenvalue weighted by atomic mass is 35.5. The van der Waals surface area contributed by atoms with Crippen molar-refractivity contribution in [3.63, 3.8) is 0 Å². The van der Waals surface area contributed by atoms with Gasteiger partial charge in [0.25, 0.3) is 0 Å². The molecule has 2 aromatic rings. The fourth-order valence-electron chi connectivity index (χ4n) is 1.65. The summed E-state index contributed by atoms with van der Waals surface area (Å²) in [5.74, 6) is 0.790. The number of aliphatic imine (C=N–C) groups is 1. The van der Waals surface area contributed by atoms with Crippen molar-refractivity contribution in [1.82, 2.24) is 0 Å². The van der Waals surface area contributed by atoms with Gasteiger partial charge in [-0.15, -0.1) is 0 Å². The van der Waals surface area contributed by atoms with Crippen molar-refractivity contribution in [3.8, 4) is 11.5 Å². The van der Waals surface area contributed by atoms with Gasteiger partial charge in [0.05, 0.1) is 7.11 Å². The van der Waals surface area contributed by atoms with Gasteiger partial charge in [-0.3, -0.25) is 4.99 Å². The highest BCUT2D eigenvalue weighted by Gasteiger charge is 2.05. The van der Waals surface area contributed by atoms with E-state index in [9.17, 15) is 5.11 Å². The fourth-order valence-corrected chi connectivity index (χ4v) is 1.80. The van der Waals surface area contributed by atoms with Crippen molar-refractivity contribution in [2.24, 2.45) is 4.99 Å². The Morgan fingerprint density at radius 2 is 2.00 bits per heavy atom. The average molecular weight is 276 g/mol. The molecule has 0 aliphatic rings. The maximum atomic E-state index is 9.67. The second-order valence-electron chi connectivity index (χ2n) is 4.09. The van der Waals surface area contributed by atoms with Crippen LogP contribution in [0.1, 0.15) is 11.1 Å². The summed E-state index contributed by atoms with van der Waals surface area (Å²) in [5, 5.41) is 10.3. The normalized spacial score (nSPS) is 10.9. The molecule has 98 valence electrons. The summed E-state index contributed by atoms with van der Waals surface area (Å²) >= 11 is 6.04. The van der Waals surface area contributed by atoms with E-state index in [0.29, 0.717) is 22.0 Å². The molecule has 2 rings (SSSR count). The minimum atomic E-state index is 0.191. The molecule has 0 atom stereocenters. The molecule has 0 saturated heterocycles. The molecular weight excluding hydrogens is 262 g/mol. The second-order valence-corrected chi connectivity index (χ2v) is 4.50. The van der Waals surface area contributed by atoms with Crippen LogP contribution in [0.2, 0.25) is 5.02 Å². The molecule has 0 spiro atoms. The number of phenols is 1. The molecule has 2 aromatic carbocycles. The largest absolute Gasteiger partial charge is 0.507 e. The van der Waals surface area contributed by atoms with Crippen LogP contribution in [0, 0.1) is 6.92 Å². The molecule has 1 N–H and O–H groups in total. The van der Waals surface area contributed by atoms with Crippen molar-refractivity contribution in [2.45, 2.75) is 6.92 Å². The summed E-state index contributed by atoms with van der Waals surface area (Å²) < 4.78 is 5.24. The standard InChI is InChI=1S/C15H14ClNO2/c1-10-7-13(15(19-2)8-12(10)16)17-9-11-5-3-4-6-14(11)18/h3-9,18H,1-2H3. The van der Waals surface area contributed by atoms with Gasteiger partial charge in [-0.25, -0.2) is 0 Å². The highest BCUT2D eigenvalue weighted by Crippen LogP contribution is 2.33. The number of halogens is 1. The lowest BCUT2D eigenvalue weighted by Crippen LogP contribution is -1.87. The lowest BCUT2D eigenvalue weighted by Gasteiger charge is -2.07. The first-order valence-electron chi connectivity index (χ1n) is 5.78. The summed E-state index contributed by atoms with van der Waals surface area (Å²) in [6.45, 7) is 1.90. The first kappa shape index (κ1) is 13.4. The first-order valence-corrected chi connectivity index (χ1v) is 6.16. The topological polar surface area (TPSA) is 41.8 Å². The Labute approximate surface area is 117 Å². The Morgan fingerprint density at radius 1 is 1.26 bits per heavy atom. The zero-order chi connectivity index (χ0) is 13.8. The third kappa shape index (κ3) is 3.06. The van der Waals surface area contributed by atoms with Crippen LogP contribution < -0.4 is 4.74 Å². The van der Waals surface area contributed by atoms with E-state index in [-0.39, 0.29) is 5.75 Å². The van der Waals surface area contributed by atoms with Crippen molar-refractivity contribution in [2.75, 3.05) is 7.11 Å². The zero-order valence-corrected chi connectivity index (χ0v) is 11.5. The lowest BCUT2D eigenvalue weighted by molar-refractivity contribution is 0.416. The molecule has 0 saturated carbocycles. The molecule has 4 heteroatoms. The molecular formula is C15H14ClNO2. The Balaban J connectivity index is 2.38. The molecule has 19 heavy (non-hydrogen) atoms. The summed E-state index contributed by atoms with van der Waals surface area (Å²) in [6, 6.07) is 10.6. The van der Waals surface area contributed by atoms with Gasteiger partial charge in [0, 0.05) is 22.9 Å². The van der Waals surface area contributed by atoms with Gasteiger partial charge in [-0.1, -0.05) is 23.7 Å². The summed E-state index contributed by atoms with van der Waals surface area (Å²) in [6.07, 6.45) is 1.60. The number of phenolic OH excluding ortho intramolecular Hbond substituents is 1. The maximum Gasteiger partial charge on any atom is 0.145 e. The Bertz CT molecular complexity index is 624. The van der Waals surface area contributed by atoms with Crippen molar-refractivity contribution >= 4 is 23.5 Å². The van der Waals surface area contributed by atoms with Crippen LogP contribution in [0.5, 0.6) is 11.5 Å². The molecule has 3 nitrogen and oxygen atoms in total. The predicted molar refractivity (Wildman–Crippen MR) is 78.1 cm³/mol. The number of rotatable bonds is 3. The third-order valence-electron chi connectivity index (χ3n) is 2.74. The monoisotopic (exact) mass is 275 g/mol. The molecule has 0 unspecified atom stereocenters. The van der Waals surface area contributed by atoms with Gasteiger partial charge in [-0.2, -0.15) is 0 Å². The van der Waals surface area contributed by atoms with Crippen LogP contribution in [0.4, 0.5) is 5.69 Å². The Kier molecular flexibility index (Phi) is 4.07. The molecule has 0 fully saturated rings. The highest BCUT2D eigenvalue weighted by molar-refractivity contribution is 6.31. The lowest BCUT2D eigenvalue weighted by atomic mass is 10.2. The van der Waals surface area contributed by atoms with Gasteiger partial charge in [0.1, 0.15) is 17.2 Å². The van der Waals surface area contributed by atoms with Crippen LogP contribution in [0.25, 0.3) is 0 Å². The number of hydrogen-bond donors (Lipinski definition) is 1. The summed E-state index contributed by atoms with van der Waals surface area (Å²) in [4.78, 5) is 4.34. The number of ether oxygens (including phenoxy) is 1. The number of benzene rings is 2. The van der Waals surface area contributed by atoms with Gasteiger partial charge in [-0.05, 0) is 30.7 Å². The van der Waals surface area contributed by atoms with E-state index in [1.54, 1.807) is 37.6 Å². The Morgan fingerprint density at radius 3 is 2.68 bits per heavy atom. The second kappa shape index (κ2) is 5.76. The number of aryl methyl sites for hydroxylation is 1. The van der Waals surface area contributed by atoms with Gasteiger partial charge in [0.15, 0.2) is 0 Å². The van der Waals surface area contributed by atoms with Crippen LogP contribution in [-0.4, -0.2) is 18.4 Å². The fraction of sp³-hybridized carbons (Fsp3) is 0.133. The average Bonchev–Trinajstić information content (AvgIpc) is 2.41. The van der Waals surface area contributed by atoms with E-state index in [4.69, 9.17) is 16.3 Å². The van der Waals surface area contributed by atoms with E-state index < -0.39 is 0 Å². The van der Waals surface area contributed by atoms with Crippen LogP contribution in [-0.2, 0) is 0 Å². The third-order valence-corrected chi connectivity index (χ3v) is 3.15. The first-order chi connectivity index (χ1) is 9.11. The minimum absolute atomic E-state index is 0.191. The molecule has 0 aliphatic carbocycles. The van der Waals surface area contributed by atoms with E-state index in [1.165, 1.54) is 0 Å². The predicted octanol–water partition coefficient (Wildman–Crippen LogP) is 4.11. The van der Waals surface area contributed by atoms with Gasteiger partial charge in [0.2, 0.25) is 0 Å². The number of nitrogens with zero attached hydrogens (tertiary/aromatic N) is 1. The molecule has 0 amide bonds. The van der Waals surface area contributed by atoms with Crippen LogP contribution in [0.15, 0.2) is 41.4 Å². The maximum absolute atomic E-state index is 9.67. The summed E-state index contributed by atoms with van der Waals surface area (Å²) in [7, 11) is 1.57. The van der Waals surface area contributed by atoms with Crippen LogP contribution in [0.3, 0.4) is 0 Å². The van der Waals surface area contributed by atoms with E-state index in [0.717, 1.165) is 5.56 Å². The molecule has 0 heterocycles. The van der Waals surface area contributed by atoms with E-state index in [1.807, 2.05) is 19.1 Å². The van der Waals surface area contributed by atoms with Crippen molar-refractivity contribution < 1.29 is 9.84 Å². The molecule has 0 bridgehead atoms. The van der Waals surface area contributed by atoms with Crippen molar-refractivity contribution in [3.05, 3.63) is 52.5 Å². The van der Waals surface area contributed by atoms with E-state index >= 15 is 0 Å². The van der Waals surface area contributed by atoms with Crippen molar-refractivity contribution in [1.29, 1.82) is 0 Å². The number of para-hydroxylation sites is 1. The molecule has 0 radical (unpaired) electrons. The minimum Gasteiger partial charge on any atom is -0.507 e. The molecule has 0 aromatic heterocycles. The number of hydrogen-bond acceptors (Lipinski definition) is 3. The number of aromatic hydroxyl groups is 1.